The number of fused-ring (bicyclic) bond motifs is 1. The van der Waals surface area contributed by atoms with Crippen LogP contribution in [0.4, 0.5) is 0 Å². The van der Waals surface area contributed by atoms with Crippen molar-refractivity contribution in [2.24, 2.45) is 0 Å². The molecule has 0 amide bonds. The molecule has 0 heterocycles. The molecule has 0 aliphatic rings. The zero-order chi connectivity index (χ0) is 22.5. The molecule has 0 nitrogen and oxygen atoms in total. The van der Waals surface area contributed by atoms with Gasteiger partial charge in [0, 0.05) is 0 Å². The van der Waals surface area contributed by atoms with Crippen molar-refractivity contribution >= 4 is 27.8 Å². The summed E-state index contributed by atoms with van der Waals surface area (Å²) in [6.07, 6.45) is 0. The minimum atomic E-state index is -0.826. The SMILES string of the molecule is Cc1cc2c(-c3cc(C(C)C)cc(C(C)C)c3)c(-c3ccccc3)ccc2[cH-]1.[Cl][Zr][Cl]. The van der Waals surface area contributed by atoms with Crippen molar-refractivity contribution in [3.8, 4) is 22.3 Å². The maximum atomic E-state index is 4.93. The molecule has 4 rings (SSSR count). The number of aryl methyl sites for hydroxylation is 1. The van der Waals surface area contributed by atoms with Crippen molar-refractivity contribution in [3.05, 3.63) is 89.5 Å². The van der Waals surface area contributed by atoms with Crippen LogP contribution in [-0.4, -0.2) is 0 Å². The molecule has 4 aromatic rings. The molecule has 0 radical (unpaired) electrons. The normalized spacial score (nSPS) is 11.0. The second-order valence-corrected chi connectivity index (χ2v) is 12.4. The average Bonchev–Trinajstić information content (AvgIpc) is 3.14. The van der Waals surface area contributed by atoms with Gasteiger partial charge in [0.2, 0.25) is 0 Å². The van der Waals surface area contributed by atoms with Gasteiger partial charge in [0.25, 0.3) is 0 Å². The molecule has 0 aliphatic heterocycles. The van der Waals surface area contributed by atoms with E-state index >= 15 is 0 Å². The maximum absolute atomic E-state index is 4.93. The Kier molecular flexibility index (Phi) is 8.68. The Morgan fingerprint density at radius 2 is 1.32 bits per heavy atom. The summed E-state index contributed by atoms with van der Waals surface area (Å²) < 4.78 is 0. The molecule has 0 fully saturated rings. The molecule has 0 atom stereocenters. The fraction of sp³-hybridized carbons (Fsp3) is 0.250. The third kappa shape index (κ3) is 5.76. The summed E-state index contributed by atoms with van der Waals surface area (Å²) in [5.41, 5.74) is 9.45. The molecule has 0 saturated heterocycles. The summed E-state index contributed by atoms with van der Waals surface area (Å²) in [4.78, 5) is 0. The van der Waals surface area contributed by atoms with Crippen molar-refractivity contribution in [1.82, 2.24) is 0 Å². The fourth-order valence-corrected chi connectivity index (χ4v) is 4.09. The number of hydrogen-bond donors (Lipinski definition) is 0. The van der Waals surface area contributed by atoms with E-state index in [4.69, 9.17) is 17.0 Å². The quantitative estimate of drug-likeness (QED) is 0.232. The van der Waals surface area contributed by atoms with Gasteiger partial charge in [0.05, 0.1) is 0 Å². The van der Waals surface area contributed by atoms with Crippen molar-refractivity contribution in [2.45, 2.75) is 46.5 Å². The first-order valence-corrected chi connectivity index (χ1v) is 17.1. The van der Waals surface area contributed by atoms with Crippen LogP contribution in [0.15, 0.2) is 72.8 Å². The summed E-state index contributed by atoms with van der Waals surface area (Å²) in [5.74, 6) is 1.02. The third-order valence-corrected chi connectivity index (χ3v) is 5.72. The molecular formula is C28H29Cl2Zr-. The van der Waals surface area contributed by atoms with E-state index in [1.165, 1.54) is 49.7 Å². The molecule has 3 heteroatoms. The van der Waals surface area contributed by atoms with Crippen LogP contribution >= 0.6 is 17.0 Å². The zero-order valence-corrected chi connectivity index (χ0v) is 22.8. The van der Waals surface area contributed by atoms with Crippen molar-refractivity contribution in [3.63, 3.8) is 0 Å². The fourth-order valence-electron chi connectivity index (χ4n) is 4.09. The van der Waals surface area contributed by atoms with Crippen LogP contribution in [0.2, 0.25) is 0 Å². The van der Waals surface area contributed by atoms with Gasteiger partial charge in [-0.05, 0) is 39.7 Å². The topological polar surface area (TPSA) is 0 Å². The predicted octanol–water partition coefficient (Wildman–Crippen LogP) is 9.82. The summed E-state index contributed by atoms with van der Waals surface area (Å²) in [6, 6.07) is 27.2. The van der Waals surface area contributed by atoms with Gasteiger partial charge >= 0.3 is 37.9 Å². The van der Waals surface area contributed by atoms with E-state index in [0.29, 0.717) is 11.8 Å². The Morgan fingerprint density at radius 3 is 1.87 bits per heavy atom. The van der Waals surface area contributed by atoms with Gasteiger partial charge in [-0.3, -0.25) is 0 Å². The van der Waals surface area contributed by atoms with Crippen molar-refractivity contribution < 1.29 is 20.8 Å². The van der Waals surface area contributed by atoms with Crippen LogP contribution in [0.3, 0.4) is 0 Å². The molecule has 0 aliphatic carbocycles. The van der Waals surface area contributed by atoms with Crippen molar-refractivity contribution in [1.29, 1.82) is 0 Å². The average molecular weight is 528 g/mol. The first-order chi connectivity index (χ1) is 14.8. The van der Waals surface area contributed by atoms with E-state index in [9.17, 15) is 0 Å². The second kappa shape index (κ2) is 11.0. The molecular weight excluding hydrogens is 498 g/mol. The van der Waals surface area contributed by atoms with Crippen LogP contribution in [-0.2, 0) is 20.8 Å². The number of benzene rings is 3. The Hall–Kier alpha value is -1.27. The van der Waals surface area contributed by atoms with Crippen LogP contribution in [0, 0.1) is 6.92 Å². The Morgan fingerprint density at radius 1 is 0.742 bits per heavy atom. The van der Waals surface area contributed by atoms with Gasteiger partial charge in [0.1, 0.15) is 0 Å². The second-order valence-electron chi connectivity index (χ2n) is 8.66. The first-order valence-electron chi connectivity index (χ1n) is 10.7. The van der Waals surface area contributed by atoms with Gasteiger partial charge < -0.3 is 0 Å². The minimum absolute atomic E-state index is 0.512. The molecule has 0 aromatic heterocycles. The standard InChI is InChI=1S/C28H29.2ClH.Zr/c1-18(2)23-15-24(19(3)4)17-25(16-23)28-26(21-9-7-6-8-10-21)12-11-22-13-20(5)14-27(22)28;;;/h6-19H,1-5H3;2*1H;/q-1;;;+2/p-2. The molecule has 160 valence electrons. The monoisotopic (exact) mass is 525 g/mol. The van der Waals surface area contributed by atoms with Gasteiger partial charge in [-0.15, -0.1) is 28.5 Å². The van der Waals surface area contributed by atoms with E-state index in [1.54, 1.807) is 0 Å². The number of hydrogen-bond acceptors (Lipinski definition) is 0. The molecule has 31 heavy (non-hydrogen) atoms. The Bertz CT molecular complexity index is 1110. The molecule has 4 aromatic carbocycles. The molecule has 0 spiro atoms. The van der Waals surface area contributed by atoms with E-state index in [0.717, 1.165) is 0 Å². The van der Waals surface area contributed by atoms with Crippen molar-refractivity contribution in [2.75, 3.05) is 0 Å². The molecule has 0 unspecified atom stereocenters. The summed E-state index contributed by atoms with van der Waals surface area (Å²) in [6.45, 7) is 11.3. The van der Waals surface area contributed by atoms with Crippen LogP contribution in [0.25, 0.3) is 33.0 Å². The molecule has 0 N–H and O–H groups in total. The molecule has 0 bridgehead atoms. The van der Waals surface area contributed by atoms with E-state index in [-0.39, 0.29) is 0 Å². The van der Waals surface area contributed by atoms with Gasteiger partial charge in [-0.25, -0.2) is 0 Å². The van der Waals surface area contributed by atoms with E-state index < -0.39 is 20.8 Å². The summed E-state index contributed by atoms with van der Waals surface area (Å²) in [7, 11) is 9.87. The van der Waals surface area contributed by atoms with Gasteiger partial charge in [0.15, 0.2) is 0 Å². The third-order valence-electron chi connectivity index (χ3n) is 5.72. The summed E-state index contributed by atoms with van der Waals surface area (Å²) >= 11 is -0.826. The van der Waals surface area contributed by atoms with Crippen LogP contribution in [0.1, 0.15) is 56.2 Å². The van der Waals surface area contributed by atoms with E-state index in [1.807, 2.05) is 0 Å². The zero-order valence-electron chi connectivity index (χ0n) is 18.8. The Balaban J connectivity index is 0.000000858. The van der Waals surface area contributed by atoms with Crippen LogP contribution < -0.4 is 0 Å². The predicted molar refractivity (Wildman–Crippen MR) is 135 cm³/mol. The number of halogens is 2. The molecule has 0 saturated carbocycles. The van der Waals surface area contributed by atoms with Gasteiger partial charge in [-0.1, -0.05) is 94.8 Å². The van der Waals surface area contributed by atoms with Crippen LogP contribution in [0.5, 0.6) is 0 Å². The van der Waals surface area contributed by atoms with Gasteiger partial charge in [-0.2, -0.15) is 6.07 Å². The Labute approximate surface area is 205 Å². The number of rotatable bonds is 4. The van der Waals surface area contributed by atoms with E-state index in [2.05, 4.69) is 107 Å². The summed E-state index contributed by atoms with van der Waals surface area (Å²) in [5, 5.41) is 2.68. The first kappa shape index (κ1) is 24.4.